The highest BCUT2D eigenvalue weighted by atomic mass is 16.2. The van der Waals surface area contributed by atoms with Crippen LogP contribution in [0.25, 0.3) is 0 Å². The Kier molecular flexibility index (Phi) is 4.01. The molecule has 0 unspecified atom stereocenters. The van der Waals surface area contributed by atoms with Crippen LogP contribution in [0.4, 0.5) is 11.4 Å². The monoisotopic (exact) mass is 429 g/mol. The van der Waals surface area contributed by atoms with Crippen molar-refractivity contribution in [3.8, 4) is 0 Å². The molecule has 0 saturated carbocycles. The van der Waals surface area contributed by atoms with E-state index in [9.17, 15) is 14.4 Å². The van der Waals surface area contributed by atoms with Gasteiger partial charge in [0.05, 0.1) is 17.5 Å². The number of rotatable bonds is 2. The number of carbonyl (C=O) groups is 3. The Morgan fingerprint density at radius 3 is 2.62 bits per heavy atom. The molecule has 164 valence electrons. The summed E-state index contributed by atoms with van der Waals surface area (Å²) in [6.07, 6.45) is 2.55. The molecule has 2 aromatic rings. The van der Waals surface area contributed by atoms with E-state index in [0.717, 1.165) is 53.7 Å². The zero-order chi connectivity index (χ0) is 22.4. The molecule has 4 aliphatic rings. The van der Waals surface area contributed by atoms with Crippen LogP contribution in [-0.4, -0.2) is 35.2 Å². The molecule has 3 amide bonds. The van der Waals surface area contributed by atoms with Gasteiger partial charge in [-0.15, -0.1) is 0 Å². The van der Waals surface area contributed by atoms with Crippen LogP contribution < -0.4 is 10.2 Å². The molecule has 1 spiro atoms. The summed E-state index contributed by atoms with van der Waals surface area (Å²) in [6, 6.07) is 11.6. The van der Waals surface area contributed by atoms with Gasteiger partial charge in [-0.1, -0.05) is 31.2 Å². The molecule has 6 nitrogen and oxygen atoms in total. The van der Waals surface area contributed by atoms with Gasteiger partial charge in [-0.25, -0.2) is 4.90 Å². The molecule has 4 heterocycles. The fraction of sp³-hybridized carbons (Fsp3) is 0.423. The third-order valence-corrected chi connectivity index (χ3v) is 8.24. The quantitative estimate of drug-likeness (QED) is 0.744. The van der Waals surface area contributed by atoms with Crippen molar-refractivity contribution in [3.05, 3.63) is 58.7 Å². The largest absolute Gasteiger partial charge is 0.324 e. The average Bonchev–Trinajstić information content (AvgIpc) is 3.48. The van der Waals surface area contributed by atoms with Crippen LogP contribution in [0.1, 0.15) is 42.0 Å². The first-order valence-electron chi connectivity index (χ1n) is 11.6. The number of aryl methyl sites for hydroxylation is 3. The Bertz CT molecular complexity index is 1200. The van der Waals surface area contributed by atoms with Gasteiger partial charge in [0.2, 0.25) is 17.7 Å². The van der Waals surface area contributed by atoms with E-state index >= 15 is 0 Å². The van der Waals surface area contributed by atoms with Gasteiger partial charge in [0, 0.05) is 17.3 Å². The van der Waals surface area contributed by atoms with Gasteiger partial charge < -0.3 is 5.32 Å². The Morgan fingerprint density at radius 2 is 1.88 bits per heavy atom. The minimum Gasteiger partial charge on any atom is -0.324 e. The number of imide groups is 1. The number of benzene rings is 2. The number of hydrogen-bond acceptors (Lipinski definition) is 4. The van der Waals surface area contributed by atoms with Crippen LogP contribution in [0.15, 0.2) is 36.4 Å². The molecule has 4 atom stereocenters. The lowest BCUT2D eigenvalue weighted by Crippen LogP contribution is -2.54. The smallest absolute Gasteiger partial charge is 0.250 e. The molecule has 0 aliphatic carbocycles. The highest BCUT2D eigenvalue weighted by molar-refractivity contribution is 6.26. The van der Waals surface area contributed by atoms with Gasteiger partial charge in [0.15, 0.2) is 0 Å². The molecule has 1 N–H and O–H groups in total. The van der Waals surface area contributed by atoms with Gasteiger partial charge in [0.25, 0.3) is 0 Å². The van der Waals surface area contributed by atoms with Crippen LogP contribution in [0.3, 0.4) is 0 Å². The second-order valence-electron chi connectivity index (χ2n) is 9.60. The molecule has 0 radical (unpaired) electrons. The van der Waals surface area contributed by atoms with Crippen LogP contribution in [0.2, 0.25) is 0 Å². The SMILES string of the molecule is CCc1cccc2c1NC(=O)[C@]21[C@@H]2C(=O)N(c3ccc(C)c(C)c3)C(=O)[C@@H]2[C@@H]2CCCN21. The van der Waals surface area contributed by atoms with E-state index in [2.05, 4.69) is 17.1 Å². The van der Waals surface area contributed by atoms with Crippen molar-refractivity contribution in [2.45, 2.75) is 51.6 Å². The fourth-order valence-corrected chi connectivity index (χ4v) is 6.70. The standard InChI is InChI=1S/C26H27N3O3/c1-4-16-7-5-8-18-22(16)27-25(32)26(18)21-20(19-9-6-12-28(19)26)23(30)29(24(21)31)17-11-10-14(2)15(3)13-17/h5,7-8,10-11,13,19-21H,4,6,9,12H2,1-3H3,(H,27,32)/t19-,20+,21-,26+/m0/s1. The van der Waals surface area contributed by atoms with E-state index in [0.29, 0.717) is 5.69 Å². The lowest BCUT2D eigenvalue weighted by molar-refractivity contribution is -0.135. The molecule has 4 aliphatic heterocycles. The zero-order valence-corrected chi connectivity index (χ0v) is 18.6. The third-order valence-electron chi connectivity index (χ3n) is 8.24. The molecule has 6 heteroatoms. The lowest BCUT2D eigenvalue weighted by Gasteiger charge is -2.36. The highest BCUT2D eigenvalue weighted by Gasteiger charge is 2.74. The summed E-state index contributed by atoms with van der Waals surface area (Å²) < 4.78 is 0. The van der Waals surface area contributed by atoms with Crippen molar-refractivity contribution in [2.24, 2.45) is 11.8 Å². The number of carbonyl (C=O) groups excluding carboxylic acids is 3. The number of amides is 3. The minimum absolute atomic E-state index is 0.0880. The zero-order valence-electron chi connectivity index (χ0n) is 18.6. The number of hydrogen-bond donors (Lipinski definition) is 1. The van der Waals surface area contributed by atoms with Gasteiger partial charge in [-0.05, 0) is 68.5 Å². The van der Waals surface area contributed by atoms with Crippen LogP contribution in [-0.2, 0) is 26.3 Å². The number of fused-ring (bicyclic) bond motifs is 7. The first kappa shape index (κ1) is 19.7. The Hall–Kier alpha value is -2.99. The maximum Gasteiger partial charge on any atom is 0.250 e. The number of anilines is 2. The summed E-state index contributed by atoms with van der Waals surface area (Å²) >= 11 is 0. The van der Waals surface area contributed by atoms with Crippen molar-refractivity contribution in [3.63, 3.8) is 0 Å². The minimum atomic E-state index is -1.10. The van der Waals surface area contributed by atoms with E-state index in [4.69, 9.17) is 0 Å². The first-order valence-corrected chi connectivity index (χ1v) is 11.6. The number of nitrogens with zero attached hydrogens (tertiary/aromatic N) is 2. The van der Waals surface area contributed by atoms with E-state index < -0.39 is 17.4 Å². The van der Waals surface area contributed by atoms with E-state index in [-0.39, 0.29) is 23.8 Å². The predicted molar refractivity (Wildman–Crippen MR) is 121 cm³/mol. The van der Waals surface area contributed by atoms with E-state index in [1.807, 2.05) is 50.2 Å². The molecule has 0 aromatic heterocycles. The van der Waals surface area contributed by atoms with E-state index in [1.54, 1.807) is 0 Å². The average molecular weight is 430 g/mol. The summed E-state index contributed by atoms with van der Waals surface area (Å²) in [5.41, 5.74) is 4.41. The number of nitrogens with one attached hydrogen (secondary N) is 1. The molecule has 3 saturated heterocycles. The topological polar surface area (TPSA) is 69.7 Å². The van der Waals surface area contributed by atoms with Gasteiger partial charge in [-0.2, -0.15) is 0 Å². The van der Waals surface area contributed by atoms with Crippen molar-refractivity contribution in [1.29, 1.82) is 0 Å². The second-order valence-corrected chi connectivity index (χ2v) is 9.60. The third kappa shape index (κ3) is 2.16. The Morgan fingerprint density at radius 1 is 1.06 bits per heavy atom. The summed E-state index contributed by atoms with van der Waals surface area (Å²) in [5.74, 6) is -1.76. The number of para-hydroxylation sites is 1. The Labute approximate surface area is 187 Å². The fourth-order valence-electron chi connectivity index (χ4n) is 6.70. The van der Waals surface area contributed by atoms with Crippen molar-refractivity contribution >= 4 is 29.1 Å². The van der Waals surface area contributed by atoms with E-state index in [1.165, 1.54) is 4.90 Å². The summed E-state index contributed by atoms with van der Waals surface area (Å²) in [7, 11) is 0. The van der Waals surface area contributed by atoms with Crippen LogP contribution in [0, 0.1) is 25.7 Å². The summed E-state index contributed by atoms with van der Waals surface area (Å²) in [5, 5.41) is 3.12. The molecule has 2 aromatic carbocycles. The maximum atomic E-state index is 14.0. The molecule has 32 heavy (non-hydrogen) atoms. The molecule has 6 rings (SSSR count). The molecule has 0 bridgehead atoms. The van der Waals surface area contributed by atoms with Gasteiger partial charge in [-0.3, -0.25) is 19.3 Å². The van der Waals surface area contributed by atoms with Crippen molar-refractivity contribution < 1.29 is 14.4 Å². The van der Waals surface area contributed by atoms with Gasteiger partial charge in [0.1, 0.15) is 5.54 Å². The summed E-state index contributed by atoms with van der Waals surface area (Å²) in [6.45, 7) is 6.79. The normalized spacial score (nSPS) is 30.8. The molecular weight excluding hydrogens is 402 g/mol. The lowest BCUT2D eigenvalue weighted by atomic mass is 9.75. The first-order chi connectivity index (χ1) is 15.4. The van der Waals surface area contributed by atoms with Gasteiger partial charge >= 0.3 is 0 Å². The molecule has 3 fully saturated rings. The van der Waals surface area contributed by atoms with Crippen molar-refractivity contribution in [2.75, 3.05) is 16.8 Å². The predicted octanol–water partition coefficient (Wildman–Crippen LogP) is 3.30. The highest BCUT2D eigenvalue weighted by Crippen LogP contribution is 2.61. The van der Waals surface area contributed by atoms with Crippen molar-refractivity contribution in [1.82, 2.24) is 4.90 Å². The summed E-state index contributed by atoms with van der Waals surface area (Å²) in [4.78, 5) is 45.1. The Balaban J connectivity index is 1.55. The van der Waals surface area contributed by atoms with Crippen LogP contribution >= 0.6 is 0 Å². The maximum absolute atomic E-state index is 14.0. The molecular formula is C26H27N3O3. The van der Waals surface area contributed by atoms with Crippen LogP contribution in [0.5, 0.6) is 0 Å². The second kappa shape index (κ2) is 6.51.